The summed E-state index contributed by atoms with van der Waals surface area (Å²) in [7, 11) is 0. The van der Waals surface area contributed by atoms with Crippen LogP contribution in [-0.4, -0.2) is 16.8 Å². The number of anilines is 1. The maximum absolute atomic E-state index is 12.2. The Balaban J connectivity index is 1.63. The molecule has 0 aliphatic heterocycles. The molecule has 0 aliphatic carbocycles. The van der Waals surface area contributed by atoms with Crippen molar-refractivity contribution in [1.29, 1.82) is 0 Å². The molecule has 0 radical (unpaired) electrons. The number of carbonyl (C=O) groups is 2. The lowest BCUT2D eigenvalue weighted by Gasteiger charge is -2.08. The average molecular weight is 411 g/mol. The lowest BCUT2D eigenvalue weighted by molar-refractivity contribution is -0.385. The highest BCUT2D eigenvalue weighted by atomic mass is 35.5. The predicted octanol–water partition coefficient (Wildman–Crippen LogP) is 4.86. The molecule has 0 spiro atoms. The molecule has 3 aromatic carbocycles. The van der Waals surface area contributed by atoms with Crippen LogP contribution in [0.25, 0.3) is 0 Å². The SMILES string of the molecule is O=C(Nc1ccccc1)c1ccc(COC(=O)c2ccc(Cl)cc2[N+](=O)[O-])cc1. The summed E-state index contributed by atoms with van der Waals surface area (Å²) in [5.41, 5.74) is 1.15. The van der Waals surface area contributed by atoms with E-state index >= 15 is 0 Å². The molecule has 0 unspecified atom stereocenters. The van der Waals surface area contributed by atoms with Gasteiger partial charge in [-0.2, -0.15) is 0 Å². The van der Waals surface area contributed by atoms with Crippen LogP contribution in [0.5, 0.6) is 0 Å². The van der Waals surface area contributed by atoms with Crippen molar-refractivity contribution in [3.8, 4) is 0 Å². The van der Waals surface area contributed by atoms with Crippen LogP contribution in [-0.2, 0) is 11.3 Å². The fourth-order valence-corrected chi connectivity index (χ4v) is 2.70. The Labute approximate surface area is 171 Å². The lowest BCUT2D eigenvalue weighted by atomic mass is 10.1. The number of amides is 1. The molecule has 0 atom stereocenters. The zero-order valence-corrected chi connectivity index (χ0v) is 15.8. The summed E-state index contributed by atoms with van der Waals surface area (Å²) in [5, 5.41) is 14.0. The number of hydrogen-bond acceptors (Lipinski definition) is 5. The number of halogens is 1. The average Bonchev–Trinajstić information content (AvgIpc) is 2.73. The first kappa shape index (κ1) is 20.0. The minimum atomic E-state index is -0.834. The molecular formula is C21H15ClN2O5. The van der Waals surface area contributed by atoms with E-state index in [1.54, 1.807) is 36.4 Å². The van der Waals surface area contributed by atoms with Gasteiger partial charge in [-0.15, -0.1) is 0 Å². The van der Waals surface area contributed by atoms with Gasteiger partial charge in [0.1, 0.15) is 12.2 Å². The van der Waals surface area contributed by atoms with Crippen LogP contribution >= 0.6 is 11.6 Å². The molecule has 0 fully saturated rings. The van der Waals surface area contributed by atoms with E-state index in [9.17, 15) is 19.7 Å². The van der Waals surface area contributed by atoms with Crippen LogP contribution in [0, 0.1) is 10.1 Å². The zero-order chi connectivity index (χ0) is 20.8. The summed E-state index contributed by atoms with van der Waals surface area (Å²) in [5.74, 6) is -1.10. The van der Waals surface area contributed by atoms with Crippen molar-refractivity contribution in [3.63, 3.8) is 0 Å². The van der Waals surface area contributed by atoms with Crippen molar-refractivity contribution in [3.05, 3.63) is 105 Å². The Morgan fingerprint density at radius 2 is 1.69 bits per heavy atom. The van der Waals surface area contributed by atoms with Crippen LogP contribution in [0.1, 0.15) is 26.3 Å². The molecule has 3 rings (SSSR count). The van der Waals surface area contributed by atoms with Gasteiger partial charge in [0.15, 0.2) is 0 Å². The number of ether oxygens (including phenoxy) is 1. The first-order valence-electron chi connectivity index (χ1n) is 8.50. The van der Waals surface area contributed by atoms with Crippen LogP contribution < -0.4 is 5.32 Å². The monoisotopic (exact) mass is 410 g/mol. The van der Waals surface area contributed by atoms with Crippen molar-refractivity contribution in [2.75, 3.05) is 5.32 Å². The van der Waals surface area contributed by atoms with Crippen LogP contribution in [0.3, 0.4) is 0 Å². The Bertz CT molecular complexity index is 1050. The lowest BCUT2D eigenvalue weighted by Crippen LogP contribution is -2.12. The summed E-state index contributed by atoms with van der Waals surface area (Å²) < 4.78 is 5.15. The van der Waals surface area contributed by atoms with Crippen LogP contribution in [0.15, 0.2) is 72.8 Å². The van der Waals surface area contributed by atoms with Gasteiger partial charge >= 0.3 is 5.97 Å². The highest BCUT2D eigenvalue weighted by Crippen LogP contribution is 2.24. The topological polar surface area (TPSA) is 98.5 Å². The molecule has 0 bridgehead atoms. The Morgan fingerprint density at radius 1 is 1.00 bits per heavy atom. The van der Waals surface area contributed by atoms with Gasteiger partial charge in [0, 0.05) is 22.3 Å². The van der Waals surface area contributed by atoms with E-state index in [0.717, 1.165) is 6.07 Å². The number of para-hydroxylation sites is 1. The summed E-state index contributed by atoms with van der Waals surface area (Å²) >= 11 is 5.74. The third kappa shape index (κ3) is 5.18. The van der Waals surface area contributed by atoms with Crippen molar-refractivity contribution in [1.82, 2.24) is 0 Å². The van der Waals surface area contributed by atoms with E-state index < -0.39 is 16.6 Å². The summed E-state index contributed by atoms with van der Waals surface area (Å²) in [6.45, 7) is -0.0980. The minimum absolute atomic E-state index is 0.0980. The molecule has 8 heteroatoms. The Kier molecular flexibility index (Phi) is 6.21. The van der Waals surface area contributed by atoms with Gasteiger partial charge in [0.25, 0.3) is 11.6 Å². The normalized spacial score (nSPS) is 10.2. The third-order valence-corrected chi connectivity index (χ3v) is 4.23. The van der Waals surface area contributed by atoms with E-state index in [-0.39, 0.29) is 23.1 Å². The molecule has 1 N–H and O–H groups in total. The molecule has 0 heterocycles. The number of hydrogen-bond donors (Lipinski definition) is 1. The van der Waals surface area contributed by atoms with Gasteiger partial charge in [-0.05, 0) is 42.0 Å². The van der Waals surface area contributed by atoms with Gasteiger partial charge in [0.2, 0.25) is 0 Å². The molecule has 146 valence electrons. The fourth-order valence-electron chi connectivity index (χ4n) is 2.53. The largest absolute Gasteiger partial charge is 0.457 e. The number of nitrogens with zero attached hydrogens (tertiary/aromatic N) is 1. The van der Waals surface area contributed by atoms with Crippen molar-refractivity contribution < 1.29 is 19.2 Å². The number of esters is 1. The molecule has 3 aromatic rings. The van der Waals surface area contributed by atoms with Crippen LogP contribution in [0.4, 0.5) is 11.4 Å². The van der Waals surface area contributed by atoms with Gasteiger partial charge in [-0.1, -0.05) is 41.9 Å². The van der Waals surface area contributed by atoms with E-state index in [2.05, 4.69) is 5.32 Å². The molecule has 0 aromatic heterocycles. The first-order chi connectivity index (χ1) is 13.9. The molecule has 29 heavy (non-hydrogen) atoms. The number of nitro benzene ring substituents is 1. The number of benzene rings is 3. The summed E-state index contributed by atoms with van der Waals surface area (Å²) in [6, 6.07) is 19.3. The van der Waals surface area contributed by atoms with Crippen molar-refractivity contribution in [2.45, 2.75) is 6.61 Å². The van der Waals surface area contributed by atoms with Crippen molar-refractivity contribution in [2.24, 2.45) is 0 Å². The highest BCUT2D eigenvalue weighted by Gasteiger charge is 2.22. The molecule has 1 amide bonds. The molecule has 0 saturated heterocycles. The number of rotatable bonds is 6. The molecule has 7 nitrogen and oxygen atoms in total. The quantitative estimate of drug-likeness (QED) is 0.355. The minimum Gasteiger partial charge on any atom is -0.457 e. The van der Waals surface area contributed by atoms with Crippen LogP contribution in [0.2, 0.25) is 5.02 Å². The molecular weight excluding hydrogens is 396 g/mol. The van der Waals surface area contributed by atoms with Gasteiger partial charge in [-0.25, -0.2) is 4.79 Å². The first-order valence-corrected chi connectivity index (χ1v) is 8.88. The Hall–Kier alpha value is -3.71. The highest BCUT2D eigenvalue weighted by molar-refractivity contribution is 6.31. The smallest absolute Gasteiger partial charge is 0.345 e. The molecule has 0 aliphatic rings. The maximum atomic E-state index is 12.2. The second-order valence-electron chi connectivity index (χ2n) is 6.01. The second kappa shape index (κ2) is 8.99. The van der Waals surface area contributed by atoms with E-state index in [1.165, 1.54) is 12.1 Å². The standard InChI is InChI=1S/C21H15ClN2O5/c22-16-10-11-18(19(12-16)24(27)28)21(26)29-13-14-6-8-15(9-7-14)20(25)23-17-4-2-1-3-5-17/h1-12H,13H2,(H,23,25). The number of carbonyl (C=O) groups excluding carboxylic acids is 2. The summed E-state index contributed by atoms with van der Waals surface area (Å²) in [4.78, 5) is 34.8. The summed E-state index contributed by atoms with van der Waals surface area (Å²) in [6.07, 6.45) is 0. The molecule has 0 saturated carbocycles. The van der Waals surface area contributed by atoms with Gasteiger partial charge in [-0.3, -0.25) is 14.9 Å². The fraction of sp³-hybridized carbons (Fsp3) is 0.0476. The van der Waals surface area contributed by atoms with E-state index in [0.29, 0.717) is 16.8 Å². The number of nitrogens with one attached hydrogen (secondary N) is 1. The van der Waals surface area contributed by atoms with E-state index in [4.69, 9.17) is 16.3 Å². The third-order valence-electron chi connectivity index (χ3n) is 3.99. The second-order valence-corrected chi connectivity index (χ2v) is 6.45. The van der Waals surface area contributed by atoms with Crippen molar-refractivity contribution >= 4 is 34.9 Å². The van der Waals surface area contributed by atoms with E-state index in [1.807, 2.05) is 18.2 Å². The van der Waals surface area contributed by atoms with Gasteiger partial charge < -0.3 is 10.1 Å². The maximum Gasteiger partial charge on any atom is 0.345 e. The Morgan fingerprint density at radius 3 is 2.34 bits per heavy atom. The van der Waals surface area contributed by atoms with Gasteiger partial charge in [0.05, 0.1) is 4.92 Å². The predicted molar refractivity (Wildman–Crippen MR) is 108 cm³/mol. The number of nitro groups is 1. The zero-order valence-electron chi connectivity index (χ0n) is 15.0.